The van der Waals surface area contributed by atoms with E-state index in [1.807, 2.05) is 20.8 Å². The van der Waals surface area contributed by atoms with Crippen molar-refractivity contribution < 1.29 is 19.4 Å². The molecule has 1 heterocycles. The highest BCUT2D eigenvalue weighted by molar-refractivity contribution is 5.71. The molecule has 0 unspecified atom stereocenters. The molecule has 0 aromatic heterocycles. The molecule has 1 spiro atoms. The van der Waals surface area contributed by atoms with E-state index in [-0.39, 0.29) is 17.4 Å². The Morgan fingerprint density at radius 3 is 2.16 bits per heavy atom. The Morgan fingerprint density at radius 1 is 1.21 bits per heavy atom. The van der Waals surface area contributed by atoms with Crippen LogP contribution in [-0.4, -0.2) is 40.8 Å². The third-order valence-electron chi connectivity index (χ3n) is 4.10. The van der Waals surface area contributed by atoms with E-state index >= 15 is 0 Å². The maximum Gasteiger partial charge on any atom is 0.410 e. The molecule has 0 bridgehead atoms. The second-order valence-corrected chi connectivity index (χ2v) is 6.95. The van der Waals surface area contributed by atoms with Crippen LogP contribution in [-0.2, 0) is 9.53 Å². The summed E-state index contributed by atoms with van der Waals surface area (Å²) in [6.45, 7) is 7.01. The van der Waals surface area contributed by atoms with Gasteiger partial charge in [-0.25, -0.2) is 4.79 Å². The van der Waals surface area contributed by atoms with Crippen LogP contribution in [0.2, 0.25) is 0 Å². The van der Waals surface area contributed by atoms with Crippen LogP contribution in [0.5, 0.6) is 0 Å². The summed E-state index contributed by atoms with van der Waals surface area (Å²) in [6.07, 6.45) is 3.03. The van der Waals surface area contributed by atoms with Crippen molar-refractivity contribution >= 4 is 12.1 Å². The summed E-state index contributed by atoms with van der Waals surface area (Å²) in [6, 6.07) is 0. The van der Waals surface area contributed by atoms with Crippen LogP contribution in [0.1, 0.15) is 46.5 Å². The lowest BCUT2D eigenvalue weighted by Crippen LogP contribution is -2.60. The third kappa shape index (κ3) is 3.19. The molecule has 0 radical (unpaired) electrons. The molecule has 2 rings (SSSR count). The molecule has 2 fully saturated rings. The quantitative estimate of drug-likeness (QED) is 0.794. The minimum atomic E-state index is -0.682. The zero-order chi connectivity index (χ0) is 14.3. The van der Waals surface area contributed by atoms with Gasteiger partial charge >= 0.3 is 12.1 Å². The molecule has 1 N–H and O–H groups in total. The van der Waals surface area contributed by atoms with Gasteiger partial charge in [0.15, 0.2) is 0 Å². The highest BCUT2D eigenvalue weighted by Gasteiger charge is 2.48. The Bertz CT molecular complexity index is 369. The summed E-state index contributed by atoms with van der Waals surface area (Å²) in [5.74, 6) is -0.876. The highest BCUT2D eigenvalue weighted by Crippen LogP contribution is 2.45. The number of carboxylic acids is 1. The lowest BCUT2D eigenvalue weighted by Gasteiger charge is -2.52. The van der Waals surface area contributed by atoms with Gasteiger partial charge < -0.3 is 14.7 Å². The first-order valence-corrected chi connectivity index (χ1v) is 6.92. The van der Waals surface area contributed by atoms with Crippen molar-refractivity contribution in [3.8, 4) is 0 Å². The molecular formula is C14H23NO4. The standard InChI is InChI=1S/C14H23NO4/c1-13(2,3)19-12(18)15-8-14(9-15)6-4-10(5-7-14)11(16)17/h10H,4-9H2,1-3H3,(H,16,17). The second kappa shape index (κ2) is 4.69. The molecular weight excluding hydrogens is 246 g/mol. The molecule has 2 aliphatic rings. The molecule has 5 nitrogen and oxygen atoms in total. The van der Waals surface area contributed by atoms with E-state index in [4.69, 9.17) is 9.84 Å². The average molecular weight is 269 g/mol. The Kier molecular flexibility index (Phi) is 3.49. The number of hydrogen-bond acceptors (Lipinski definition) is 3. The fourth-order valence-electron chi connectivity index (χ4n) is 3.01. The van der Waals surface area contributed by atoms with Crippen molar-refractivity contribution in [3.05, 3.63) is 0 Å². The van der Waals surface area contributed by atoms with Gasteiger partial charge in [-0.15, -0.1) is 0 Å². The second-order valence-electron chi connectivity index (χ2n) is 6.95. The molecule has 0 aromatic carbocycles. The zero-order valence-corrected chi connectivity index (χ0v) is 11.9. The lowest BCUT2D eigenvalue weighted by atomic mass is 9.66. The first-order valence-electron chi connectivity index (χ1n) is 6.92. The smallest absolute Gasteiger partial charge is 0.410 e. The van der Waals surface area contributed by atoms with Gasteiger partial charge in [-0.2, -0.15) is 0 Å². The molecule has 19 heavy (non-hydrogen) atoms. The summed E-state index contributed by atoms with van der Waals surface area (Å²) in [5.41, 5.74) is -0.302. The summed E-state index contributed by atoms with van der Waals surface area (Å²) in [7, 11) is 0. The monoisotopic (exact) mass is 269 g/mol. The molecule has 1 saturated heterocycles. The van der Waals surface area contributed by atoms with Gasteiger partial charge in [0.05, 0.1) is 5.92 Å². The molecule has 108 valence electrons. The predicted octanol–water partition coefficient (Wildman–Crippen LogP) is 2.50. The largest absolute Gasteiger partial charge is 0.481 e. The van der Waals surface area contributed by atoms with Gasteiger partial charge in [0.25, 0.3) is 0 Å². The summed E-state index contributed by atoms with van der Waals surface area (Å²) < 4.78 is 5.33. The van der Waals surface area contributed by atoms with Crippen molar-refractivity contribution in [2.75, 3.05) is 13.1 Å². The summed E-state index contributed by atoms with van der Waals surface area (Å²) in [4.78, 5) is 24.5. The fraction of sp³-hybridized carbons (Fsp3) is 0.857. The zero-order valence-electron chi connectivity index (χ0n) is 11.9. The molecule has 1 saturated carbocycles. The maximum absolute atomic E-state index is 11.8. The van der Waals surface area contributed by atoms with Gasteiger partial charge in [0.1, 0.15) is 5.60 Å². The first kappa shape index (κ1) is 14.2. The Morgan fingerprint density at radius 2 is 1.74 bits per heavy atom. The minimum absolute atomic E-state index is 0.156. The number of hydrogen-bond donors (Lipinski definition) is 1. The van der Waals surface area contributed by atoms with Gasteiger partial charge in [-0.05, 0) is 46.5 Å². The molecule has 0 aromatic rings. The average Bonchev–Trinajstić information content (AvgIpc) is 2.23. The van der Waals surface area contributed by atoms with Crippen molar-refractivity contribution in [2.24, 2.45) is 11.3 Å². The number of carbonyl (C=O) groups excluding carboxylic acids is 1. The number of nitrogens with zero attached hydrogens (tertiary/aromatic N) is 1. The van der Waals surface area contributed by atoms with E-state index in [9.17, 15) is 9.59 Å². The van der Waals surface area contributed by atoms with Crippen LogP contribution < -0.4 is 0 Å². The van der Waals surface area contributed by atoms with Crippen molar-refractivity contribution in [1.29, 1.82) is 0 Å². The molecule has 1 amide bonds. The van der Waals surface area contributed by atoms with Crippen molar-refractivity contribution in [2.45, 2.75) is 52.1 Å². The van der Waals surface area contributed by atoms with Gasteiger partial charge in [-0.3, -0.25) is 4.79 Å². The topological polar surface area (TPSA) is 66.8 Å². The molecule has 1 aliphatic heterocycles. The first-order chi connectivity index (χ1) is 8.71. The third-order valence-corrected chi connectivity index (χ3v) is 4.10. The van der Waals surface area contributed by atoms with E-state index in [0.717, 1.165) is 25.7 Å². The van der Waals surface area contributed by atoms with Crippen LogP contribution in [0.15, 0.2) is 0 Å². The van der Waals surface area contributed by atoms with E-state index < -0.39 is 11.6 Å². The Labute approximate surface area is 113 Å². The lowest BCUT2D eigenvalue weighted by molar-refractivity contribution is -0.145. The summed E-state index contributed by atoms with van der Waals surface area (Å²) in [5, 5.41) is 8.98. The van der Waals surface area contributed by atoms with Gasteiger partial charge in [-0.1, -0.05) is 0 Å². The summed E-state index contributed by atoms with van der Waals surface area (Å²) >= 11 is 0. The predicted molar refractivity (Wildman–Crippen MR) is 69.8 cm³/mol. The Balaban J connectivity index is 1.80. The van der Waals surface area contributed by atoms with Crippen LogP contribution in [0.4, 0.5) is 4.79 Å². The number of amides is 1. The van der Waals surface area contributed by atoms with Crippen molar-refractivity contribution in [3.63, 3.8) is 0 Å². The number of aliphatic carboxylic acids is 1. The van der Waals surface area contributed by atoms with Gasteiger partial charge in [0.2, 0.25) is 0 Å². The fourth-order valence-corrected chi connectivity index (χ4v) is 3.01. The van der Waals surface area contributed by atoms with E-state index in [2.05, 4.69) is 0 Å². The number of carbonyl (C=O) groups is 2. The number of rotatable bonds is 1. The molecule has 5 heteroatoms. The van der Waals surface area contributed by atoms with Crippen molar-refractivity contribution in [1.82, 2.24) is 4.90 Å². The van der Waals surface area contributed by atoms with E-state index in [1.54, 1.807) is 4.90 Å². The SMILES string of the molecule is CC(C)(C)OC(=O)N1CC2(CCC(C(=O)O)CC2)C1. The molecule has 0 atom stereocenters. The van der Waals surface area contributed by atoms with E-state index in [1.165, 1.54) is 0 Å². The molecule has 1 aliphatic carbocycles. The number of likely N-dealkylation sites (tertiary alicyclic amines) is 1. The maximum atomic E-state index is 11.8. The number of ether oxygens (including phenoxy) is 1. The normalized spacial score (nSPS) is 23.0. The van der Waals surface area contributed by atoms with E-state index in [0.29, 0.717) is 13.1 Å². The van der Waals surface area contributed by atoms with Crippen LogP contribution in [0, 0.1) is 11.3 Å². The Hall–Kier alpha value is -1.26. The number of carboxylic acid groups (broad SMARTS) is 1. The highest BCUT2D eigenvalue weighted by atomic mass is 16.6. The van der Waals surface area contributed by atoms with Gasteiger partial charge in [0, 0.05) is 18.5 Å². The van der Waals surface area contributed by atoms with Crippen LogP contribution >= 0.6 is 0 Å². The van der Waals surface area contributed by atoms with Crippen LogP contribution in [0.25, 0.3) is 0 Å². The minimum Gasteiger partial charge on any atom is -0.481 e. The van der Waals surface area contributed by atoms with Crippen LogP contribution in [0.3, 0.4) is 0 Å².